The smallest absolute Gasteiger partial charge is 0.127 e. The van der Waals surface area contributed by atoms with E-state index < -0.39 is 0 Å². The summed E-state index contributed by atoms with van der Waals surface area (Å²) in [6, 6.07) is 3.93. The van der Waals surface area contributed by atoms with Crippen molar-refractivity contribution in [1.82, 2.24) is 4.98 Å². The number of nitrogens with one attached hydrogen (secondary N) is 2. The van der Waals surface area contributed by atoms with Crippen LogP contribution in [0.2, 0.25) is 0 Å². The van der Waals surface area contributed by atoms with E-state index in [1.165, 1.54) is 0 Å². The average Bonchev–Trinajstić information content (AvgIpc) is 2.19. The molecule has 0 aliphatic carbocycles. The number of pyridine rings is 1. The first-order chi connectivity index (χ1) is 6.86. The number of ether oxygens (including phenoxy) is 1. The van der Waals surface area contributed by atoms with Crippen LogP contribution in [0.5, 0.6) is 0 Å². The molecule has 1 heterocycles. The molecule has 0 radical (unpaired) electrons. The highest BCUT2D eigenvalue weighted by Gasteiger charge is 1.94. The first-order valence-corrected chi connectivity index (χ1v) is 4.79. The summed E-state index contributed by atoms with van der Waals surface area (Å²) in [6.07, 6.45) is 1.78. The molecule has 4 heteroatoms. The summed E-state index contributed by atoms with van der Waals surface area (Å²) in [6.45, 7) is 4.45. The van der Waals surface area contributed by atoms with Crippen LogP contribution in [0, 0.1) is 0 Å². The third-order valence-electron chi connectivity index (χ3n) is 1.75. The molecule has 1 rings (SSSR count). The van der Waals surface area contributed by atoms with E-state index in [2.05, 4.69) is 15.6 Å². The normalized spacial score (nSPS) is 9.86. The first kappa shape index (κ1) is 10.8. The summed E-state index contributed by atoms with van der Waals surface area (Å²) >= 11 is 0. The minimum absolute atomic E-state index is 0.707. The summed E-state index contributed by atoms with van der Waals surface area (Å²) in [7, 11) is 1.69. The van der Waals surface area contributed by atoms with Crippen molar-refractivity contribution in [1.29, 1.82) is 0 Å². The molecule has 0 saturated heterocycles. The Morgan fingerprint density at radius 3 is 3.00 bits per heavy atom. The maximum absolute atomic E-state index is 4.95. The van der Waals surface area contributed by atoms with Crippen LogP contribution in [0.3, 0.4) is 0 Å². The molecule has 0 spiro atoms. The van der Waals surface area contributed by atoms with E-state index in [-0.39, 0.29) is 0 Å². The third kappa shape index (κ3) is 3.62. The molecule has 14 heavy (non-hydrogen) atoms. The molecule has 0 unspecified atom stereocenters. The van der Waals surface area contributed by atoms with Crippen molar-refractivity contribution in [3.63, 3.8) is 0 Å². The van der Waals surface area contributed by atoms with Gasteiger partial charge < -0.3 is 15.4 Å². The van der Waals surface area contributed by atoms with Crippen LogP contribution >= 0.6 is 0 Å². The summed E-state index contributed by atoms with van der Waals surface area (Å²) in [5, 5.41) is 6.40. The quantitative estimate of drug-likeness (QED) is 0.676. The molecule has 0 atom stereocenters. The lowest BCUT2D eigenvalue weighted by Crippen LogP contribution is -2.08. The van der Waals surface area contributed by atoms with Crippen molar-refractivity contribution < 1.29 is 4.74 Å². The van der Waals surface area contributed by atoms with Gasteiger partial charge in [0.15, 0.2) is 0 Å². The van der Waals surface area contributed by atoms with Gasteiger partial charge >= 0.3 is 0 Å². The van der Waals surface area contributed by atoms with Crippen LogP contribution in [-0.4, -0.2) is 31.8 Å². The van der Waals surface area contributed by atoms with Crippen molar-refractivity contribution in [2.75, 3.05) is 37.4 Å². The molecule has 0 bridgehead atoms. The fourth-order valence-corrected chi connectivity index (χ4v) is 1.12. The van der Waals surface area contributed by atoms with Crippen molar-refractivity contribution in [2.24, 2.45) is 0 Å². The zero-order valence-electron chi connectivity index (χ0n) is 8.71. The van der Waals surface area contributed by atoms with Gasteiger partial charge in [0.2, 0.25) is 0 Å². The molecule has 0 aliphatic rings. The highest BCUT2D eigenvalue weighted by Crippen LogP contribution is 2.10. The molecule has 0 saturated carbocycles. The Morgan fingerprint density at radius 1 is 1.43 bits per heavy atom. The van der Waals surface area contributed by atoms with Gasteiger partial charge in [-0.1, -0.05) is 0 Å². The second-order valence-corrected chi connectivity index (χ2v) is 2.88. The van der Waals surface area contributed by atoms with E-state index in [4.69, 9.17) is 4.74 Å². The molecule has 1 aromatic heterocycles. The van der Waals surface area contributed by atoms with Gasteiger partial charge in [-0.2, -0.15) is 0 Å². The third-order valence-corrected chi connectivity index (χ3v) is 1.75. The highest BCUT2D eigenvalue weighted by molar-refractivity contribution is 5.51. The Bertz CT molecular complexity index is 265. The number of rotatable bonds is 6. The zero-order valence-corrected chi connectivity index (χ0v) is 8.71. The van der Waals surface area contributed by atoms with Gasteiger partial charge in [0.1, 0.15) is 5.82 Å². The lowest BCUT2D eigenvalue weighted by molar-refractivity contribution is 0.211. The van der Waals surface area contributed by atoms with E-state index in [0.717, 1.165) is 24.6 Å². The van der Waals surface area contributed by atoms with Gasteiger partial charge in [-0.3, -0.25) is 0 Å². The van der Waals surface area contributed by atoms with Crippen molar-refractivity contribution in [3.8, 4) is 0 Å². The van der Waals surface area contributed by atoms with Gasteiger partial charge in [0.25, 0.3) is 0 Å². The second-order valence-electron chi connectivity index (χ2n) is 2.88. The van der Waals surface area contributed by atoms with Crippen LogP contribution in [0.25, 0.3) is 0 Å². The molecule has 0 aromatic carbocycles. The van der Waals surface area contributed by atoms with Crippen LogP contribution in [0.15, 0.2) is 18.3 Å². The summed E-state index contributed by atoms with van der Waals surface area (Å²) in [5.41, 5.74) is 1.06. The summed E-state index contributed by atoms with van der Waals surface area (Å²) in [5.74, 6) is 0.898. The van der Waals surface area contributed by atoms with E-state index in [0.29, 0.717) is 6.61 Å². The standard InChI is InChI=1S/C10H17N3O/c1-3-11-10-8-9(4-5-13-10)12-6-7-14-2/h4-5,8H,3,6-7H2,1-2H3,(H2,11,12,13). The zero-order chi connectivity index (χ0) is 10.2. The Morgan fingerprint density at radius 2 is 2.29 bits per heavy atom. The number of methoxy groups -OCH3 is 1. The minimum Gasteiger partial charge on any atom is -0.383 e. The number of hydrogen-bond donors (Lipinski definition) is 2. The van der Waals surface area contributed by atoms with Crippen molar-refractivity contribution in [2.45, 2.75) is 6.92 Å². The predicted molar refractivity (Wildman–Crippen MR) is 58.8 cm³/mol. The van der Waals surface area contributed by atoms with Gasteiger partial charge in [-0.25, -0.2) is 4.98 Å². The molecule has 0 fully saturated rings. The first-order valence-electron chi connectivity index (χ1n) is 4.79. The fourth-order valence-electron chi connectivity index (χ4n) is 1.12. The Kier molecular flexibility index (Phi) is 4.78. The van der Waals surface area contributed by atoms with Gasteiger partial charge in [-0.05, 0) is 13.0 Å². The molecule has 0 amide bonds. The second kappa shape index (κ2) is 6.21. The van der Waals surface area contributed by atoms with Crippen LogP contribution < -0.4 is 10.6 Å². The fraction of sp³-hybridized carbons (Fsp3) is 0.500. The van der Waals surface area contributed by atoms with E-state index in [9.17, 15) is 0 Å². The lowest BCUT2D eigenvalue weighted by Gasteiger charge is -2.07. The van der Waals surface area contributed by atoms with E-state index >= 15 is 0 Å². The van der Waals surface area contributed by atoms with E-state index in [1.54, 1.807) is 13.3 Å². The molecule has 4 nitrogen and oxygen atoms in total. The molecule has 0 aliphatic heterocycles. The number of nitrogens with zero attached hydrogens (tertiary/aromatic N) is 1. The maximum Gasteiger partial charge on any atom is 0.127 e. The Balaban J connectivity index is 2.46. The number of aromatic nitrogens is 1. The average molecular weight is 195 g/mol. The predicted octanol–water partition coefficient (Wildman–Crippen LogP) is 1.57. The molecular formula is C10H17N3O. The summed E-state index contributed by atoms with van der Waals surface area (Å²) in [4.78, 5) is 4.18. The maximum atomic E-state index is 4.95. The van der Waals surface area contributed by atoms with Gasteiger partial charge in [-0.15, -0.1) is 0 Å². The molecular weight excluding hydrogens is 178 g/mol. The van der Waals surface area contributed by atoms with Gasteiger partial charge in [0.05, 0.1) is 6.61 Å². The topological polar surface area (TPSA) is 46.2 Å². The SMILES string of the molecule is CCNc1cc(NCCOC)ccn1. The molecule has 1 aromatic rings. The highest BCUT2D eigenvalue weighted by atomic mass is 16.5. The number of hydrogen-bond acceptors (Lipinski definition) is 4. The van der Waals surface area contributed by atoms with Crippen molar-refractivity contribution >= 4 is 11.5 Å². The molecule has 2 N–H and O–H groups in total. The molecule has 78 valence electrons. The lowest BCUT2D eigenvalue weighted by atomic mass is 10.4. The van der Waals surface area contributed by atoms with Gasteiger partial charge in [0, 0.05) is 38.1 Å². The Labute approximate surface area is 84.7 Å². The van der Waals surface area contributed by atoms with Crippen molar-refractivity contribution in [3.05, 3.63) is 18.3 Å². The summed E-state index contributed by atoms with van der Waals surface area (Å²) < 4.78 is 4.95. The number of anilines is 2. The monoisotopic (exact) mass is 195 g/mol. The Hall–Kier alpha value is -1.29. The van der Waals surface area contributed by atoms with Crippen LogP contribution in [-0.2, 0) is 4.74 Å². The minimum atomic E-state index is 0.707. The van der Waals surface area contributed by atoms with Crippen LogP contribution in [0.1, 0.15) is 6.92 Å². The van der Waals surface area contributed by atoms with Crippen LogP contribution in [0.4, 0.5) is 11.5 Å². The largest absolute Gasteiger partial charge is 0.383 e. The van der Waals surface area contributed by atoms with E-state index in [1.807, 2.05) is 19.1 Å².